The van der Waals surface area contributed by atoms with Crippen molar-refractivity contribution in [3.63, 3.8) is 0 Å². The quantitative estimate of drug-likeness (QED) is 0.802. The van der Waals surface area contributed by atoms with Gasteiger partial charge in [0.05, 0.1) is 13.2 Å². The first-order valence-corrected chi connectivity index (χ1v) is 9.77. The molecule has 5 heteroatoms. The number of thioether (sulfide) groups is 1. The molecule has 2 fully saturated rings. The van der Waals surface area contributed by atoms with Gasteiger partial charge in [0.1, 0.15) is 0 Å². The summed E-state index contributed by atoms with van der Waals surface area (Å²) in [4.78, 5) is 6.31. The number of morpholine rings is 1. The van der Waals surface area contributed by atoms with E-state index in [1.165, 1.54) is 10.5 Å². The Hall–Kier alpha value is -0.590. The molecule has 2 heterocycles. The maximum Gasteiger partial charge on any atom is 0.0594 e. The summed E-state index contributed by atoms with van der Waals surface area (Å²) >= 11 is 1.78. The third-order valence-corrected chi connectivity index (χ3v) is 5.79. The van der Waals surface area contributed by atoms with Gasteiger partial charge in [-0.15, -0.1) is 11.8 Å². The van der Waals surface area contributed by atoms with E-state index in [0.29, 0.717) is 18.4 Å². The number of nitrogens with zero attached hydrogens (tertiary/aromatic N) is 2. The van der Waals surface area contributed by atoms with Crippen LogP contribution < -0.4 is 0 Å². The molecule has 0 radical (unpaired) electrons. The second kappa shape index (κ2) is 8.49. The lowest BCUT2D eigenvalue weighted by molar-refractivity contribution is 0.0264. The number of aliphatic hydroxyl groups is 1. The lowest BCUT2D eigenvalue weighted by Crippen LogP contribution is -2.41. The Morgan fingerprint density at radius 2 is 1.78 bits per heavy atom. The largest absolute Gasteiger partial charge is 0.396 e. The van der Waals surface area contributed by atoms with Crippen LogP contribution in [0.4, 0.5) is 0 Å². The van der Waals surface area contributed by atoms with Crippen molar-refractivity contribution in [2.24, 2.45) is 11.8 Å². The topological polar surface area (TPSA) is 35.9 Å². The van der Waals surface area contributed by atoms with E-state index in [-0.39, 0.29) is 0 Å². The minimum Gasteiger partial charge on any atom is -0.396 e. The zero-order valence-electron chi connectivity index (χ0n) is 14.0. The number of benzene rings is 1. The summed E-state index contributed by atoms with van der Waals surface area (Å²) in [6, 6.07) is 8.86. The predicted molar refractivity (Wildman–Crippen MR) is 94.8 cm³/mol. The van der Waals surface area contributed by atoms with Crippen LogP contribution >= 0.6 is 11.8 Å². The van der Waals surface area contributed by atoms with Crippen molar-refractivity contribution in [1.82, 2.24) is 9.80 Å². The number of hydrogen-bond donors (Lipinski definition) is 1. The van der Waals surface area contributed by atoms with Crippen molar-refractivity contribution >= 4 is 11.8 Å². The molecular weight excluding hydrogens is 308 g/mol. The molecule has 1 aromatic rings. The van der Waals surface area contributed by atoms with E-state index in [1.807, 2.05) is 0 Å². The molecular formula is C18H28N2O2S. The van der Waals surface area contributed by atoms with Crippen LogP contribution in [0.5, 0.6) is 0 Å². The molecule has 0 unspecified atom stereocenters. The molecule has 0 aliphatic carbocycles. The van der Waals surface area contributed by atoms with Crippen LogP contribution in [0.1, 0.15) is 5.56 Å². The van der Waals surface area contributed by atoms with Gasteiger partial charge < -0.3 is 9.84 Å². The van der Waals surface area contributed by atoms with Gasteiger partial charge in [-0.1, -0.05) is 12.1 Å². The van der Waals surface area contributed by atoms with Crippen LogP contribution in [-0.2, 0) is 11.3 Å². The molecule has 128 valence electrons. The first-order chi connectivity index (χ1) is 11.3. The highest BCUT2D eigenvalue weighted by atomic mass is 32.2. The Balaban J connectivity index is 1.54. The highest BCUT2D eigenvalue weighted by Crippen LogP contribution is 2.26. The Morgan fingerprint density at radius 3 is 2.43 bits per heavy atom. The molecule has 0 saturated carbocycles. The van der Waals surface area contributed by atoms with Crippen LogP contribution in [0.15, 0.2) is 29.2 Å². The van der Waals surface area contributed by atoms with Gasteiger partial charge in [0.25, 0.3) is 0 Å². The van der Waals surface area contributed by atoms with E-state index in [0.717, 1.165) is 52.5 Å². The highest BCUT2D eigenvalue weighted by Gasteiger charge is 2.33. The Bertz CT molecular complexity index is 476. The summed E-state index contributed by atoms with van der Waals surface area (Å²) in [6.07, 6.45) is 2.11. The summed E-state index contributed by atoms with van der Waals surface area (Å²) in [5.41, 5.74) is 1.37. The molecule has 0 bridgehead atoms. The van der Waals surface area contributed by atoms with E-state index in [9.17, 15) is 5.11 Å². The monoisotopic (exact) mass is 336 g/mol. The lowest BCUT2D eigenvalue weighted by Gasteiger charge is -2.30. The van der Waals surface area contributed by atoms with Gasteiger partial charge in [0.15, 0.2) is 0 Å². The van der Waals surface area contributed by atoms with Crippen molar-refractivity contribution in [2.45, 2.75) is 11.4 Å². The van der Waals surface area contributed by atoms with Crippen LogP contribution in [0.2, 0.25) is 0 Å². The minimum atomic E-state index is 0.302. The fraction of sp³-hybridized carbons (Fsp3) is 0.667. The molecule has 0 amide bonds. The van der Waals surface area contributed by atoms with Gasteiger partial charge in [-0.05, 0) is 35.8 Å². The van der Waals surface area contributed by atoms with Crippen molar-refractivity contribution < 1.29 is 9.84 Å². The molecule has 0 aromatic heterocycles. The molecule has 23 heavy (non-hydrogen) atoms. The molecule has 2 saturated heterocycles. The molecule has 2 aliphatic rings. The summed E-state index contributed by atoms with van der Waals surface area (Å²) in [6.45, 7) is 8.25. The van der Waals surface area contributed by atoms with Gasteiger partial charge in [0, 0.05) is 50.8 Å². The molecule has 3 rings (SSSR count). The van der Waals surface area contributed by atoms with Crippen molar-refractivity contribution in [1.29, 1.82) is 0 Å². The molecule has 2 aliphatic heterocycles. The second-order valence-corrected chi connectivity index (χ2v) is 7.54. The van der Waals surface area contributed by atoms with Crippen molar-refractivity contribution in [3.05, 3.63) is 29.8 Å². The van der Waals surface area contributed by atoms with Gasteiger partial charge in [0.2, 0.25) is 0 Å². The zero-order chi connectivity index (χ0) is 16.1. The number of aliphatic hydroxyl groups excluding tert-OH is 1. The number of likely N-dealkylation sites (tertiary alicyclic amines) is 1. The maximum atomic E-state index is 9.75. The third kappa shape index (κ3) is 4.70. The fourth-order valence-corrected chi connectivity index (χ4v) is 4.09. The lowest BCUT2D eigenvalue weighted by atomic mass is 9.96. The van der Waals surface area contributed by atoms with Gasteiger partial charge in [-0.3, -0.25) is 9.80 Å². The Labute approximate surface area is 143 Å². The first-order valence-electron chi connectivity index (χ1n) is 8.54. The second-order valence-electron chi connectivity index (χ2n) is 6.66. The first kappa shape index (κ1) is 17.2. The smallest absolute Gasteiger partial charge is 0.0594 e. The molecule has 4 nitrogen and oxygen atoms in total. The maximum absolute atomic E-state index is 9.75. The van der Waals surface area contributed by atoms with Crippen LogP contribution in [0.25, 0.3) is 0 Å². The molecule has 0 spiro atoms. The molecule has 2 atom stereocenters. The van der Waals surface area contributed by atoms with Crippen LogP contribution in [-0.4, -0.2) is 73.7 Å². The van der Waals surface area contributed by atoms with E-state index in [2.05, 4.69) is 40.3 Å². The summed E-state index contributed by atoms with van der Waals surface area (Å²) < 4.78 is 5.43. The fourth-order valence-electron chi connectivity index (χ4n) is 3.68. The third-order valence-electron chi connectivity index (χ3n) is 5.05. The Kier molecular flexibility index (Phi) is 6.36. The van der Waals surface area contributed by atoms with E-state index in [1.54, 1.807) is 11.8 Å². The average molecular weight is 337 g/mol. The Morgan fingerprint density at radius 1 is 1.09 bits per heavy atom. The van der Waals surface area contributed by atoms with E-state index in [4.69, 9.17) is 4.74 Å². The van der Waals surface area contributed by atoms with Crippen LogP contribution in [0, 0.1) is 11.8 Å². The van der Waals surface area contributed by atoms with Crippen molar-refractivity contribution in [3.8, 4) is 0 Å². The van der Waals surface area contributed by atoms with Gasteiger partial charge >= 0.3 is 0 Å². The van der Waals surface area contributed by atoms with Crippen molar-refractivity contribution in [2.75, 3.05) is 58.8 Å². The molecule has 1 N–H and O–H groups in total. The van der Waals surface area contributed by atoms with Crippen LogP contribution in [0.3, 0.4) is 0 Å². The predicted octanol–water partition coefficient (Wildman–Crippen LogP) is 1.78. The molecule has 1 aromatic carbocycles. The summed E-state index contributed by atoms with van der Waals surface area (Å²) in [5, 5.41) is 9.75. The standard InChI is InChI=1S/C18H28N2O2S/c1-23-18-4-2-15(3-5-18)10-20-12-16(17(13-20)14-21)11-19-6-8-22-9-7-19/h2-5,16-17,21H,6-14H2,1H3/t16-,17-/m1/s1. The summed E-state index contributed by atoms with van der Waals surface area (Å²) in [7, 11) is 0. The normalized spacial score (nSPS) is 26.7. The number of ether oxygens (including phenoxy) is 1. The number of rotatable bonds is 6. The van der Waals surface area contributed by atoms with Gasteiger partial charge in [-0.25, -0.2) is 0 Å². The highest BCUT2D eigenvalue weighted by molar-refractivity contribution is 7.98. The van der Waals surface area contributed by atoms with Gasteiger partial charge in [-0.2, -0.15) is 0 Å². The summed E-state index contributed by atoms with van der Waals surface area (Å²) in [5.74, 6) is 0.979. The zero-order valence-corrected chi connectivity index (χ0v) is 14.8. The average Bonchev–Trinajstić information content (AvgIpc) is 2.98. The number of hydrogen-bond acceptors (Lipinski definition) is 5. The SMILES string of the molecule is CSc1ccc(CN2C[C@@H](CN3CCOCC3)[C@@H](CO)C2)cc1. The minimum absolute atomic E-state index is 0.302. The van der Waals surface area contributed by atoms with E-state index < -0.39 is 0 Å². The van der Waals surface area contributed by atoms with E-state index >= 15 is 0 Å².